The van der Waals surface area contributed by atoms with E-state index in [1.807, 2.05) is 13.0 Å². The number of carbonyl (C=O) groups excluding carboxylic acids is 3. The molecule has 0 radical (unpaired) electrons. The summed E-state index contributed by atoms with van der Waals surface area (Å²) in [7, 11) is 2.68. The smallest absolute Gasteiger partial charge is 0.311 e. The fraction of sp³-hybridized carbons (Fsp3) is 0.667. The second-order valence-corrected chi connectivity index (χ2v) is 12.6. The van der Waals surface area contributed by atoms with Crippen LogP contribution in [-0.4, -0.2) is 55.8 Å². The number of rotatable bonds is 9. The first-order valence-corrected chi connectivity index (χ1v) is 14.1. The van der Waals surface area contributed by atoms with Crippen molar-refractivity contribution in [1.82, 2.24) is 10.4 Å². The topological polar surface area (TPSA) is 118 Å². The van der Waals surface area contributed by atoms with Gasteiger partial charge in [-0.05, 0) is 83.6 Å². The molecule has 0 aromatic heterocycles. The van der Waals surface area contributed by atoms with E-state index in [-0.39, 0.29) is 52.6 Å². The number of amides is 2. The summed E-state index contributed by atoms with van der Waals surface area (Å²) in [5, 5.41) is 12.3. The fourth-order valence-electron chi connectivity index (χ4n) is 6.65. The summed E-state index contributed by atoms with van der Waals surface area (Å²) in [4.78, 5) is 38.8. The van der Waals surface area contributed by atoms with Gasteiger partial charge in [-0.3, -0.25) is 14.4 Å². The number of nitriles is 1. The lowest BCUT2D eigenvalue weighted by molar-refractivity contribution is -0.156. The number of methoxy groups -OCH3 is 2. The first kappa shape index (κ1) is 30.5. The fourth-order valence-corrected chi connectivity index (χ4v) is 6.65. The van der Waals surface area contributed by atoms with Gasteiger partial charge in [0.05, 0.1) is 55.2 Å². The van der Waals surface area contributed by atoms with Crippen molar-refractivity contribution in [2.75, 3.05) is 20.8 Å². The zero-order chi connectivity index (χ0) is 30.1. The summed E-state index contributed by atoms with van der Waals surface area (Å²) in [5.41, 5.74) is -1.64. The number of halogens is 2. The van der Waals surface area contributed by atoms with Crippen LogP contribution < -0.4 is 14.8 Å². The maximum Gasteiger partial charge on any atom is 0.311 e. The Labute approximate surface area is 239 Å². The molecule has 224 valence electrons. The maximum absolute atomic E-state index is 15.0. The summed E-state index contributed by atoms with van der Waals surface area (Å²) in [6.07, 6.45) is 3.96. The predicted molar refractivity (Wildman–Crippen MR) is 144 cm³/mol. The summed E-state index contributed by atoms with van der Waals surface area (Å²) >= 11 is 0. The Balaban J connectivity index is 1.50. The van der Waals surface area contributed by atoms with E-state index in [0.29, 0.717) is 32.1 Å². The molecule has 1 aromatic carbocycles. The van der Waals surface area contributed by atoms with Crippen molar-refractivity contribution < 1.29 is 37.5 Å². The SMILES string of the molecule is COc1cc(F)c(O[C@H]2CC[C@@](C)(C(=O)OC)CC2)cc1C(=O)N[C@@H]1[C@H]2CC[C@H](C2)[C@@H]1C(=O)N(F)CC(C)(C)C#N. The molecule has 11 heteroatoms. The van der Waals surface area contributed by atoms with Crippen molar-refractivity contribution in [3.8, 4) is 17.6 Å². The third-order valence-corrected chi connectivity index (χ3v) is 9.08. The molecule has 41 heavy (non-hydrogen) atoms. The van der Waals surface area contributed by atoms with Crippen molar-refractivity contribution in [1.29, 1.82) is 5.26 Å². The first-order valence-electron chi connectivity index (χ1n) is 14.1. The Kier molecular flexibility index (Phi) is 8.81. The molecular weight excluding hydrogens is 536 g/mol. The average Bonchev–Trinajstić information content (AvgIpc) is 3.56. The number of hydrogen-bond acceptors (Lipinski definition) is 7. The van der Waals surface area contributed by atoms with E-state index in [4.69, 9.17) is 14.2 Å². The first-order chi connectivity index (χ1) is 19.3. The number of carbonyl (C=O) groups is 3. The highest BCUT2D eigenvalue weighted by Crippen LogP contribution is 2.49. The van der Waals surface area contributed by atoms with Crippen LogP contribution in [0.15, 0.2) is 12.1 Å². The van der Waals surface area contributed by atoms with Crippen molar-refractivity contribution in [2.45, 2.75) is 77.9 Å². The molecule has 4 atom stereocenters. The van der Waals surface area contributed by atoms with Gasteiger partial charge in [0.1, 0.15) is 5.75 Å². The van der Waals surface area contributed by atoms with E-state index in [1.54, 1.807) is 13.8 Å². The van der Waals surface area contributed by atoms with Crippen LogP contribution in [0.3, 0.4) is 0 Å². The molecular formula is C30H39F2N3O6. The number of esters is 1. The zero-order valence-corrected chi connectivity index (χ0v) is 24.3. The van der Waals surface area contributed by atoms with Gasteiger partial charge in [0.15, 0.2) is 11.6 Å². The Morgan fingerprint density at radius 1 is 1.12 bits per heavy atom. The highest BCUT2D eigenvalue weighted by atomic mass is 19.2. The minimum Gasteiger partial charge on any atom is -0.496 e. The number of nitrogens with zero attached hydrogens (tertiary/aromatic N) is 2. The lowest BCUT2D eigenvalue weighted by atomic mass is 9.75. The molecule has 2 amide bonds. The molecule has 3 saturated carbocycles. The Bertz CT molecular complexity index is 1220. The van der Waals surface area contributed by atoms with Gasteiger partial charge < -0.3 is 19.5 Å². The van der Waals surface area contributed by atoms with Crippen LogP contribution in [0.4, 0.5) is 8.87 Å². The molecule has 9 nitrogen and oxygen atoms in total. The molecule has 2 bridgehead atoms. The Hall–Kier alpha value is -3.42. The van der Waals surface area contributed by atoms with Crippen LogP contribution in [0.25, 0.3) is 0 Å². The van der Waals surface area contributed by atoms with Crippen molar-refractivity contribution in [3.63, 3.8) is 0 Å². The minimum absolute atomic E-state index is 0.00295. The highest BCUT2D eigenvalue weighted by Gasteiger charge is 2.53. The normalized spacial score (nSPS) is 28.9. The van der Waals surface area contributed by atoms with E-state index in [1.165, 1.54) is 20.3 Å². The van der Waals surface area contributed by atoms with Crippen molar-refractivity contribution >= 4 is 17.8 Å². The Morgan fingerprint density at radius 2 is 1.78 bits per heavy atom. The molecule has 3 aliphatic carbocycles. The van der Waals surface area contributed by atoms with E-state index < -0.39 is 40.4 Å². The van der Waals surface area contributed by atoms with Crippen LogP contribution in [0.1, 0.15) is 76.1 Å². The predicted octanol–water partition coefficient (Wildman–Crippen LogP) is 4.74. The second-order valence-electron chi connectivity index (χ2n) is 12.6. The zero-order valence-electron chi connectivity index (χ0n) is 24.3. The van der Waals surface area contributed by atoms with Gasteiger partial charge in [-0.2, -0.15) is 10.4 Å². The van der Waals surface area contributed by atoms with Crippen LogP contribution in [0, 0.1) is 45.7 Å². The average molecular weight is 576 g/mol. The van der Waals surface area contributed by atoms with Gasteiger partial charge in [0.2, 0.25) is 0 Å². The van der Waals surface area contributed by atoms with Crippen LogP contribution in [0.2, 0.25) is 0 Å². The van der Waals surface area contributed by atoms with Crippen LogP contribution in [-0.2, 0) is 14.3 Å². The number of benzene rings is 1. The standard InChI is InChI=1S/C30H39F2N3O6/c1-29(2,15-33)16-35(32)27(37)24-17-6-7-18(12-17)25(24)34-26(36)20-13-23(21(31)14-22(20)39-4)41-19-8-10-30(3,11-9-19)28(38)40-5/h13-14,17-19,24-25H,6-12,16H2,1-5H3,(H,34,36)/t17-,18+,19-,24+,25-,30+/m1/s1. The van der Waals surface area contributed by atoms with Gasteiger partial charge in [0, 0.05) is 12.1 Å². The molecule has 3 fully saturated rings. The van der Waals surface area contributed by atoms with Crippen LogP contribution >= 0.6 is 0 Å². The summed E-state index contributed by atoms with van der Waals surface area (Å²) in [6.45, 7) is 4.58. The number of fused-ring (bicyclic) bond motifs is 2. The van der Waals surface area contributed by atoms with Gasteiger partial charge in [0.25, 0.3) is 11.8 Å². The van der Waals surface area contributed by atoms with E-state index in [0.717, 1.165) is 18.9 Å². The lowest BCUT2D eigenvalue weighted by Gasteiger charge is -2.35. The molecule has 3 aliphatic rings. The van der Waals surface area contributed by atoms with Gasteiger partial charge in [-0.25, -0.2) is 4.39 Å². The van der Waals surface area contributed by atoms with E-state index in [2.05, 4.69) is 5.32 Å². The third kappa shape index (κ3) is 6.26. The summed E-state index contributed by atoms with van der Waals surface area (Å²) < 4.78 is 46.1. The van der Waals surface area contributed by atoms with Crippen molar-refractivity contribution in [3.05, 3.63) is 23.5 Å². The molecule has 0 spiro atoms. The number of hydrogen-bond donors (Lipinski definition) is 1. The van der Waals surface area contributed by atoms with Gasteiger partial charge in [-0.15, -0.1) is 0 Å². The number of ether oxygens (including phenoxy) is 3. The molecule has 4 rings (SSSR count). The van der Waals surface area contributed by atoms with E-state index in [9.17, 15) is 28.5 Å². The minimum atomic E-state index is -1.06. The van der Waals surface area contributed by atoms with E-state index >= 15 is 0 Å². The lowest BCUT2D eigenvalue weighted by Crippen LogP contribution is -2.50. The molecule has 0 unspecified atom stereocenters. The Morgan fingerprint density at radius 3 is 2.39 bits per heavy atom. The number of nitrogens with one attached hydrogen (secondary N) is 1. The quantitative estimate of drug-likeness (QED) is 0.334. The molecule has 1 aromatic rings. The molecule has 0 heterocycles. The summed E-state index contributed by atoms with van der Waals surface area (Å²) in [6, 6.07) is 3.77. The van der Waals surface area contributed by atoms with Crippen LogP contribution in [0.5, 0.6) is 11.5 Å². The highest BCUT2D eigenvalue weighted by molar-refractivity contribution is 5.98. The van der Waals surface area contributed by atoms with Gasteiger partial charge >= 0.3 is 5.97 Å². The second kappa shape index (κ2) is 11.8. The third-order valence-electron chi connectivity index (χ3n) is 9.08. The van der Waals surface area contributed by atoms with Crippen molar-refractivity contribution in [2.24, 2.45) is 28.6 Å². The summed E-state index contributed by atoms with van der Waals surface area (Å²) in [5.74, 6) is -3.23. The molecule has 0 aliphatic heterocycles. The molecule has 0 saturated heterocycles. The maximum atomic E-state index is 15.0. The monoisotopic (exact) mass is 575 g/mol. The van der Waals surface area contributed by atoms with Gasteiger partial charge in [-0.1, -0.05) is 4.48 Å². The molecule has 1 N–H and O–H groups in total. The largest absolute Gasteiger partial charge is 0.496 e.